The van der Waals surface area contributed by atoms with Crippen molar-refractivity contribution in [1.29, 1.82) is 0 Å². The molecule has 11 heteroatoms. The summed E-state index contributed by atoms with van der Waals surface area (Å²) < 4.78 is 67.3. The van der Waals surface area contributed by atoms with Crippen molar-refractivity contribution in [3.63, 3.8) is 0 Å². The van der Waals surface area contributed by atoms with Gasteiger partial charge in [-0.3, -0.25) is 4.90 Å². The Hall–Kier alpha value is -3.91. The highest BCUT2D eigenvalue weighted by atomic mass is 19.4. The number of anilines is 2. The summed E-state index contributed by atoms with van der Waals surface area (Å²) in [6, 6.07) is 11.2. The number of alkyl halides is 4. The van der Waals surface area contributed by atoms with E-state index in [9.17, 15) is 18.0 Å². The zero-order valence-electron chi connectivity index (χ0n) is 24.1. The molecule has 1 aromatic heterocycles. The monoisotopic (exact) mass is 588 g/mol. The van der Waals surface area contributed by atoms with Gasteiger partial charge < -0.3 is 24.7 Å². The predicted molar refractivity (Wildman–Crippen MR) is 156 cm³/mol. The van der Waals surface area contributed by atoms with Crippen molar-refractivity contribution in [1.82, 2.24) is 9.47 Å². The Bertz CT molecular complexity index is 1460. The first-order chi connectivity index (χ1) is 20.0. The Labute approximate surface area is 243 Å². The average Bonchev–Trinajstić information content (AvgIpc) is 3.28. The summed E-state index contributed by atoms with van der Waals surface area (Å²) in [5, 5.41) is 6.88. The molecule has 2 aromatic carbocycles. The number of carbonyl (C=O) groups is 1. The van der Waals surface area contributed by atoms with E-state index in [-0.39, 0.29) is 24.9 Å². The van der Waals surface area contributed by atoms with Crippen LogP contribution in [0.5, 0.6) is 5.75 Å². The average molecular weight is 589 g/mol. The highest BCUT2D eigenvalue weighted by Crippen LogP contribution is 2.32. The van der Waals surface area contributed by atoms with Crippen LogP contribution >= 0.6 is 0 Å². The number of piperidine rings is 1. The molecule has 2 atom stereocenters. The second-order valence-electron chi connectivity index (χ2n) is 10.4. The zero-order valence-corrected chi connectivity index (χ0v) is 24.1. The molecule has 2 N–H and O–H groups in total. The first kappa shape index (κ1) is 31.0. The van der Waals surface area contributed by atoms with Crippen molar-refractivity contribution in [2.45, 2.75) is 58.2 Å². The van der Waals surface area contributed by atoms with Gasteiger partial charge in [-0.05, 0) is 69.5 Å². The largest absolute Gasteiger partial charge is 0.495 e. The molecule has 1 aliphatic heterocycles. The lowest BCUT2D eigenvalue weighted by atomic mass is 10.0. The molecule has 0 bridgehead atoms. The topological polar surface area (TPSA) is 67.8 Å². The Morgan fingerprint density at radius 3 is 2.62 bits per heavy atom. The molecule has 7 nitrogen and oxygen atoms in total. The van der Waals surface area contributed by atoms with E-state index < -0.39 is 30.9 Å². The maximum Gasteiger partial charge on any atom is 0.406 e. The standard InChI is InChI=1S/C31H36F4N4O3/c1-5-42-30(40)21-11-12-27(29(16-21)41-4)36-14-7-8-22-17-23-25(9-6-10-28(23)39(22)19-31(33,34)35)37-26-13-15-38(20(2)3)18-24(26)32/h6,9-12,16-17,20,24,26,36-37H,5,13-15,18-19H2,1-4H3/t24-,26?/m1/s1. The van der Waals surface area contributed by atoms with Crippen LogP contribution in [-0.2, 0) is 11.3 Å². The lowest BCUT2D eigenvalue weighted by Gasteiger charge is -2.37. The smallest absolute Gasteiger partial charge is 0.406 e. The van der Waals surface area contributed by atoms with Crippen LogP contribution in [0.3, 0.4) is 0 Å². The molecular formula is C31H36F4N4O3. The summed E-state index contributed by atoms with van der Waals surface area (Å²) in [7, 11) is 1.46. The van der Waals surface area contributed by atoms with Crippen molar-refractivity contribution in [3.8, 4) is 17.6 Å². The van der Waals surface area contributed by atoms with Crippen LogP contribution in [0.25, 0.3) is 10.9 Å². The summed E-state index contributed by atoms with van der Waals surface area (Å²) in [6.45, 7) is 5.95. The summed E-state index contributed by atoms with van der Waals surface area (Å²) in [5.41, 5.74) is 2.02. The fraction of sp³-hybridized carbons (Fsp3) is 0.452. The van der Waals surface area contributed by atoms with Gasteiger partial charge in [0.1, 0.15) is 18.5 Å². The van der Waals surface area contributed by atoms with Crippen LogP contribution in [0.15, 0.2) is 42.5 Å². The molecule has 42 heavy (non-hydrogen) atoms. The van der Waals surface area contributed by atoms with E-state index in [0.29, 0.717) is 46.6 Å². The SMILES string of the molecule is CCOC(=O)c1ccc(NCC#Cc2cc3c(NC4CCN(C(C)C)C[C@H]4F)cccc3n2CC(F)(F)F)c(OC)c1. The second kappa shape index (κ2) is 13.4. The molecule has 2 heterocycles. The van der Waals surface area contributed by atoms with Gasteiger partial charge in [0.15, 0.2) is 0 Å². The minimum Gasteiger partial charge on any atom is -0.495 e. The minimum absolute atomic E-state index is 0.103. The molecule has 1 unspecified atom stereocenters. The van der Waals surface area contributed by atoms with Crippen LogP contribution in [-0.4, -0.2) is 73.2 Å². The quantitative estimate of drug-likeness (QED) is 0.179. The van der Waals surface area contributed by atoms with Gasteiger partial charge >= 0.3 is 12.1 Å². The van der Waals surface area contributed by atoms with Crippen LogP contribution in [0.4, 0.5) is 28.9 Å². The van der Waals surface area contributed by atoms with E-state index in [2.05, 4.69) is 27.4 Å². The molecule has 0 spiro atoms. The number of aromatic nitrogens is 1. The maximum atomic E-state index is 15.0. The second-order valence-corrected chi connectivity index (χ2v) is 10.4. The Kier molecular flexibility index (Phi) is 9.89. The molecule has 226 valence electrons. The van der Waals surface area contributed by atoms with E-state index in [4.69, 9.17) is 9.47 Å². The molecule has 0 radical (unpaired) electrons. The molecule has 1 fully saturated rings. The number of ether oxygens (including phenoxy) is 2. The normalized spacial score (nSPS) is 17.5. The van der Waals surface area contributed by atoms with E-state index in [0.717, 1.165) is 11.1 Å². The lowest BCUT2D eigenvalue weighted by Crippen LogP contribution is -2.50. The van der Waals surface area contributed by atoms with Crippen LogP contribution in [0, 0.1) is 11.8 Å². The van der Waals surface area contributed by atoms with Crippen LogP contribution in [0.1, 0.15) is 43.2 Å². The third-order valence-electron chi connectivity index (χ3n) is 7.22. The Balaban J connectivity index is 1.56. The molecule has 0 saturated carbocycles. The van der Waals surface area contributed by atoms with Crippen molar-refractivity contribution in [2.75, 3.05) is 44.0 Å². The fourth-order valence-corrected chi connectivity index (χ4v) is 5.08. The summed E-state index contributed by atoms with van der Waals surface area (Å²) in [5.74, 6) is 5.67. The van der Waals surface area contributed by atoms with E-state index >= 15 is 4.39 Å². The van der Waals surface area contributed by atoms with Gasteiger partial charge in [-0.2, -0.15) is 13.2 Å². The molecule has 4 rings (SSSR count). The molecule has 1 saturated heterocycles. The molecule has 3 aromatic rings. The third-order valence-corrected chi connectivity index (χ3v) is 7.22. The minimum atomic E-state index is -4.47. The van der Waals surface area contributed by atoms with E-state index in [1.165, 1.54) is 13.2 Å². The van der Waals surface area contributed by atoms with Gasteiger partial charge in [0.2, 0.25) is 0 Å². The Morgan fingerprint density at radius 1 is 1.17 bits per heavy atom. The van der Waals surface area contributed by atoms with E-state index in [1.807, 2.05) is 13.8 Å². The van der Waals surface area contributed by atoms with Crippen molar-refractivity contribution in [3.05, 3.63) is 53.7 Å². The first-order valence-electron chi connectivity index (χ1n) is 13.9. The predicted octanol–water partition coefficient (Wildman–Crippen LogP) is 6.09. The van der Waals surface area contributed by atoms with Crippen LogP contribution in [0.2, 0.25) is 0 Å². The maximum absolute atomic E-state index is 15.0. The third kappa shape index (κ3) is 7.48. The molecular weight excluding hydrogens is 552 g/mol. The summed E-state index contributed by atoms with van der Waals surface area (Å²) in [4.78, 5) is 14.1. The number of hydrogen-bond acceptors (Lipinski definition) is 6. The number of methoxy groups -OCH3 is 1. The number of carbonyl (C=O) groups excluding carboxylic acids is 1. The molecule has 1 aliphatic rings. The highest BCUT2D eigenvalue weighted by Gasteiger charge is 2.32. The number of nitrogens with one attached hydrogen (secondary N) is 2. The fourth-order valence-electron chi connectivity index (χ4n) is 5.08. The van der Waals surface area contributed by atoms with Crippen LogP contribution < -0.4 is 15.4 Å². The lowest BCUT2D eigenvalue weighted by molar-refractivity contribution is -0.140. The summed E-state index contributed by atoms with van der Waals surface area (Å²) in [6.07, 6.45) is -4.99. The van der Waals surface area contributed by atoms with Gasteiger partial charge in [0, 0.05) is 30.2 Å². The Morgan fingerprint density at radius 2 is 1.95 bits per heavy atom. The number of benzene rings is 2. The molecule has 0 amide bonds. The number of halogens is 4. The number of esters is 1. The van der Waals surface area contributed by atoms with E-state index in [1.54, 1.807) is 43.3 Å². The van der Waals surface area contributed by atoms with Gasteiger partial charge in [0.05, 0.1) is 48.8 Å². The number of nitrogens with zero attached hydrogens (tertiary/aromatic N) is 2. The van der Waals surface area contributed by atoms with Crippen molar-refractivity contribution >= 4 is 28.2 Å². The van der Waals surface area contributed by atoms with Crippen molar-refractivity contribution < 1.29 is 31.8 Å². The van der Waals surface area contributed by atoms with Crippen molar-refractivity contribution in [2.24, 2.45) is 0 Å². The number of likely N-dealkylation sites (tertiary alicyclic amines) is 1. The van der Waals surface area contributed by atoms with Gasteiger partial charge in [-0.25, -0.2) is 9.18 Å². The number of fused-ring (bicyclic) bond motifs is 1. The van der Waals surface area contributed by atoms with Gasteiger partial charge in [0.25, 0.3) is 0 Å². The summed E-state index contributed by atoms with van der Waals surface area (Å²) >= 11 is 0. The number of hydrogen-bond donors (Lipinski definition) is 2. The zero-order chi connectivity index (χ0) is 30.4. The van der Waals surface area contributed by atoms with Gasteiger partial charge in [-0.1, -0.05) is 12.0 Å². The van der Waals surface area contributed by atoms with Gasteiger partial charge in [-0.15, -0.1) is 0 Å². The first-order valence-corrected chi connectivity index (χ1v) is 13.9. The number of rotatable bonds is 9. The highest BCUT2D eigenvalue weighted by molar-refractivity contribution is 5.94. The molecule has 0 aliphatic carbocycles.